The van der Waals surface area contributed by atoms with Crippen molar-refractivity contribution in [1.29, 1.82) is 0 Å². The van der Waals surface area contributed by atoms with E-state index in [1.54, 1.807) is 0 Å². The molecular weight excluding hydrogens is 274 g/mol. The molecule has 0 aliphatic carbocycles. The molecule has 0 unspecified atom stereocenters. The maximum atomic E-state index is 4.64. The Labute approximate surface area is 135 Å². The third-order valence-corrected chi connectivity index (χ3v) is 3.71. The molecule has 2 N–H and O–H groups in total. The fourth-order valence-corrected chi connectivity index (χ4v) is 2.33. The van der Waals surface area contributed by atoms with Crippen LogP contribution in [0, 0.1) is 5.41 Å². The van der Waals surface area contributed by atoms with Crippen LogP contribution in [0.25, 0.3) is 0 Å². The average Bonchev–Trinajstić information content (AvgIpc) is 2.88. The van der Waals surface area contributed by atoms with Crippen LogP contribution in [0.2, 0.25) is 0 Å². The molecule has 126 valence electrons. The van der Waals surface area contributed by atoms with Gasteiger partial charge in [0.05, 0.1) is 12.7 Å². The van der Waals surface area contributed by atoms with Gasteiger partial charge >= 0.3 is 0 Å². The van der Waals surface area contributed by atoms with Gasteiger partial charge in [-0.2, -0.15) is 5.10 Å². The molecule has 1 aromatic rings. The van der Waals surface area contributed by atoms with Crippen molar-refractivity contribution in [3.8, 4) is 0 Å². The zero-order valence-electron chi connectivity index (χ0n) is 14.9. The minimum Gasteiger partial charge on any atom is -0.357 e. The molecule has 0 radical (unpaired) electrons. The van der Waals surface area contributed by atoms with Crippen molar-refractivity contribution in [2.24, 2.45) is 17.5 Å². The third kappa shape index (κ3) is 7.48. The van der Waals surface area contributed by atoms with Crippen LogP contribution in [0.4, 0.5) is 0 Å². The molecule has 0 saturated carbocycles. The van der Waals surface area contributed by atoms with Gasteiger partial charge in [-0.05, 0) is 18.8 Å². The van der Waals surface area contributed by atoms with Crippen molar-refractivity contribution in [3.63, 3.8) is 0 Å². The number of unbranched alkanes of at least 4 members (excludes halogenated alkanes) is 2. The summed E-state index contributed by atoms with van der Waals surface area (Å²) in [5, 5.41) is 11.0. The van der Waals surface area contributed by atoms with Gasteiger partial charge in [-0.3, -0.25) is 4.68 Å². The van der Waals surface area contributed by atoms with Crippen molar-refractivity contribution in [1.82, 2.24) is 20.4 Å². The summed E-state index contributed by atoms with van der Waals surface area (Å²) >= 11 is 0. The lowest BCUT2D eigenvalue weighted by Gasteiger charge is -2.26. The number of guanidine groups is 1. The zero-order chi connectivity index (χ0) is 16.4. The Balaban J connectivity index is 2.48. The first-order valence-electron chi connectivity index (χ1n) is 8.46. The minimum absolute atomic E-state index is 0.291. The number of hydrogen-bond acceptors (Lipinski definition) is 2. The Morgan fingerprint density at radius 3 is 2.64 bits per heavy atom. The van der Waals surface area contributed by atoms with Crippen molar-refractivity contribution in [3.05, 3.63) is 18.0 Å². The molecule has 1 aromatic heterocycles. The second-order valence-corrected chi connectivity index (χ2v) is 6.69. The molecule has 0 aliphatic rings. The van der Waals surface area contributed by atoms with Gasteiger partial charge in [0.15, 0.2) is 5.96 Å². The Kier molecular flexibility index (Phi) is 7.99. The van der Waals surface area contributed by atoms with Crippen LogP contribution in [0.15, 0.2) is 17.4 Å². The van der Waals surface area contributed by atoms with E-state index in [2.05, 4.69) is 48.4 Å². The maximum Gasteiger partial charge on any atom is 0.191 e. The molecule has 0 aliphatic heterocycles. The van der Waals surface area contributed by atoms with Crippen molar-refractivity contribution >= 4 is 5.96 Å². The summed E-state index contributed by atoms with van der Waals surface area (Å²) in [6.07, 6.45) is 9.01. The van der Waals surface area contributed by atoms with Gasteiger partial charge in [0.25, 0.3) is 0 Å². The van der Waals surface area contributed by atoms with Crippen LogP contribution in [0.5, 0.6) is 0 Å². The second kappa shape index (κ2) is 9.49. The lowest BCUT2D eigenvalue weighted by molar-refractivity contribution is 0.318. The molecule has 0 amide bonds. The van der Waals surface area contributed by atoms with Crippen LogP contribution in [0.3, 0.4) is 0 Å². The highest BCUT2D eigenvalue weighted by Gasteiger charge is 2.17. The molecule has 0 atom stereocenters. The van der Waals surface area contributed by atoms with Crippen molar-refractivity contribution in [2.45, 2.75) is 59.9 Å². The van der Waals surface area contributed by atoms with Crippen LogP contribution in [-0.4, -0.2) is 28.8 Å². The van der Waals surface area contributed by atoms with Crippen LogP contribution in [0.1, 0.15) is 58.9 Å². The van der Waals surface area contributed by atoms with E-state index in [1.165, 1.54) is 25.7 Å². The lowest BCUT2D eigenvalue weighted by Crippen LogP contribution is -2.42. The monoisotopic (exact) mass is 307 g/mol. The van der Waals surface area contributed by atoms with E-state index >= 15 is 0 Å². The Bertz CT molecular complexity index is 448. The number of nitrogens with one attached hydrogen (secondary N) is 2. The van der Waals surface area contributed by atoms with Crippen molar-refractivity contribution in [2.75, 3.05) is 13.1 Å². The molecule has 0 aromatic carbocycles. The van der Waals surface area contributed by atoms with Gasteiger partial charge in [0.1, 0.15) is 0 Å². The SMILES string of the molecule is CCCCCC(C)(C)CNC(=NCc1cnn(C)c1)NCC. The highest BCUT2D eigenvalue weighted by Crippen LogP contribution is 2.22. The summed E-state index contributed by atoms with van der Waals surface area (Å²) in [4.78, 5) is 4.64. The molecule has 0 fully saturated rings. The van der Waals surface area contributed by atoms with Gasteiger partial charge in [-0.1, -0.05) is 40.0 Å². The number of aliphatic imine (C=N–C) groups is 1. The average molecular weight is 307 g/mol. The topological polar surface area (TPSA) is 54.2 Å². The second-order valence-electron chi connectivity index (χ2n) is 6.69. The summed E-state index contributed by atoms with van der Waals surface area (Å²) in [5.74, 6) is 0.884. The Morgan fingerprint density at radius 1 is 1.27 bits per heavy atom. The van der Waals surface area contributed by atoms with E-state index in [0.29, 0.717) is 12.0 Å². The van der Waals surface area contributed by atoms with E-state index in [9.17, 15) is 0 Å². The van der Waals surface area contributed by atoms with E-state index in [0.717, 1.165) is 24.6 Å². The molecular formula is C17H33N5. The van der Waals surface area contributed by atoms with Gasteiger partial charge in [0, 0.05) is 31.9 Å². The van der Waals surface area contributed by atoms with Gasteiger partial charge < -0.3 is 10.6 Å². The third-order valence-electron chi connectivity index (χ3n) is 3.71. The summed E-state index contributed by atoms with van der Waals surface area (Å²) in [7, 11) is 1.93. The molecule has 1 rings (SSSR count). The van der Waals surface area contributed by atoms with E-state index in [1.807, 2.05) is 24.1 Å². The number of rotatable bonds is 9. The fourth-order valence-electron chi connectivity index (χ4n) is 2.33. The summed E-state index contributed by atoms with van der Waals surface area (Å²) in [6.45, 7) is 11.4. The molecule has 22 heavy (non-hydrogen) atoms. The molecule has 5 heteroatoms. The predicted octanol–water partition coefficient (Wildman–Crippen LogP) is 3.08. The molecule has 0 bridgehead atoms. The zero-order valence-corrected chi connectivity index (χ0v) is 14.9. The van der Waals surface area contributed by atoms with Gasteiger partial charge in [-0.25, -0.2) is 4.99 Å². The van der Waals surface area contributed by atoms with Crippen molar-refractivity contribution < 1.29 is 0 Å². The molecule has 5 nitrogen and oxygen atoms in total. The highest BCUT2D eigenvalue weighted by atomic mass is 15.2. The largest absolute Gasteiger partial charge is 0.357 e. The first-order chi connectivity index (χ1) is 10.5. The standard InChI is InChI=1S/C17H33N5/c1-6-8-9-10-17(3,4)14-20-16(18-7-2)19-11-15-12-21-22(5)13-15/h12-13H,6-11,14H2,1-5H3,(H2,18,19,20). The Morgan fingerprint density at radius 2 is 2.05 bits per heavy atom. The number of hydrogen-bond donors (Lipinski definition) is 2. The lowest BCUT2D eigenvalue weighted by atomic mass is 9.87. The first-order valence-corrected chi connectivity index (χ1v) is 8.46. The highest BCUT2D eigenvalue weighted by molar-refractivity contribution is 5.79. The van der Waals surface area contributed by atoms with E-state index in [4.69, 9.17) is 0 Å². The number of nitrogens with zero attached hydrogens (tertiary/aromatic N) is 3. The summed E-state index contributed by atoms with van der Waals surface area (Å²) in [5.41, 5.74) is 1.42. The molecule has 1 heterocycles. The van der Waals surface area contributed by atoms with Crippen LogP contribution in [-0.2, 0) is 13.6 Å². The Hall–Kier alpha value is -1.52. The first kappa shape index (κ1) is 18.5. The van der Waals surface area contributed by atoms with E-state index < -0.39 is 0 Å². The van der Waals surface area contributed by atoms with E-state index in [-0.39, 0.29) is 0 Å². The normalized spacial score (nSPS) is 12.5. The van der Waals surface area contributed by atoms with Gasteiger partial charge in [0.2, 0.25) is 0 Å². The minimum atomic E-state index is 0.291. The van der Waals surface area contributed by atoms with Gasteiger partial charge in [-0.15, -0.1) is 0 Å². The molecule has 0 spiro atoms. The maximum absolute atomic E-state index is 4.64. The number of aryl methyl sites for hydroxylation is 1. The smallest absolute Gasteiger partial charge is 0.191 e. The predicted molar refractivity (Wildman–Crippen MR) is 93.9 cm³/mol. The van der Waals surface area contributed by atoms with Crippen LogP contribution < -0.4 is 10.6 Å². The molecule has 0 saturated heterocycles. The summed E-state index contributed by atoms with van der Waals surface area (Å²) in [6, 6.07) is 0. The van der Waals surface area contributed by atoms with Crippen LogP contribution >= 0.6 is 0 Å². The fraction of sp³-hybridized carbons (Fsp3) is 0.765. The number of aromatic nitrogens is 2. The summed E-state index contributed by atoms with van der Waals surface area (Å²) < 4.78 is 1.81. The quantitative estimate of drug-likeness (QED) is 0.419.